The van der Waals surface area contributed by atoms with Crippen LogP contribution in [0.5, 0.6) is 0 Å². The lowest BCUT2D eigenvalue weighted by Gasteiger charge is -2.23. The van der Waals surface area contributed by atoms with Gasteiger partial charge in [-0.2, -0.15) is 0 Å². The number of nitrogens with zero attached hydrogens (tertiary/aromatic N) is 2. The number of fused-ring (bicyclic) bond motifs is 2. The van der Waals surface area contributed by atoms with Crippen molar-refractivity contribution in [3.63, 3.8) is 0 Å². The smallest absolute Gasteiger partial charge is 0.223 e. The van der Waals surface area contributed by atoms with Gasteiger partial charge in [-0.25, -0.2) is 9.97 Å². The van der Waals surface area contributed by atoms with E-state index in [1.807, 2.05) is 6.20 Å². The van der Waals surface area contributed by atoms with Crippen LogP contribution in [0.4, 0.5) is 5.95 Å². The van der Waals surface area contributed by atoms with Crippen LogP contribution in [-0.2, 0) is 10.3 Å². The summed E-state index contributed by atoms with van der Waals surface area (Å²) in [6.45, 7) is 1.61. The van der Waals surface area contributed by atoms with Crippen LogP contribution in [0.3, 0.4) is 0 Å². The normalized spacial score (nSPS) is 29.9. The second-order valence-corrected chi connectivity index (χ2v) is 6.47. The van der Waals surface area contributed by atoms with Crippen molar-refractivity contribution in [2.75, 3.05) is 18.5 Å². The third-order valence-electron chi connectivity index (χ3n) is 5.07. The number of benzene rings is 1. The van der Waals surface area contributed by atoms with Crippen molar-refractivity contribution >= 4 is 16.9 Å². The molecule has 2 atom stereocenters. The highest BCUT2D eigenvalue weighted by molar-refractivity contribution is 5.81. The van der Waals surface area contributed by atoms with Gasteiger partial charge in [-0.1, -0.05) is 18.2 Å². The van der Waals surface area contributed by atoms with Crippen molar-refractivity contribution in [2.45, 2.75) is 24.4 Å². The van der Waals surface area contributed by atoms with Crippen molar-refractivity contribution in [3.8, 4) is 0 Å². The Labute approximate surface area is 128 Å². The maximum Gasteiger partial charge on any atom is 0.223 e. The van der Waals surface area contributed by atoms with Gasteiger partial charge in [0.1, 0.15) is 0 Å². The van der Waals surface area contributed by atoms with E-state index in [4.69, 9.17) is 10.5 Å². The van der Waals surface area contributed by atoms with Gasteiger partial charge in [0, 0.05) is 36.8 Å². The SMILES string of the molecule is NC1(c2ccc3cnc(NC4CCOCC4)nc3c2)C2=CC21. The van der Waals surface area contributed by atoms with Crippen molar-refractivity contribution in [3.05, 3.63) is 41.6 Å². The second-order valence-electron chi connectivity index (χ2n) is 6.47. The highest BCUT2D eigenvalue weighted by Gasteiger charge is 2.66. The largest absolute Gasteiger partial charge is 0.381 e. The molecule has 1 saturated carbocycles. The molecule has 5 rings (SSSR count). The summed E-state index contributed by atoms with van der Waals surface area (Å²) >= 11 is 0. The van der Waals surface area contributed by atoms with Crippen LogP contribution in [-0.4, -0.2) is 29.2 Å². The molecule has 2 aliphatic carbocycles. The molecule has 2 unspecified atom stereocenters. The fraction of sp³-hybridized carbons (Fsp3) is 0.412. The number of hydrogen-bond acceptors (Lipinski definition) is 5. The fourth-order valence-corrected chi connectivity index (χ4v) is 3.42. The molecule has 0 spiro atoms. The zero-order valence-electron chi connectivity index (χ0n) is 12.2. The number of nitrogens with two attached hydrogens (primary N) is 1. The van der Waals surface area contributed by atoms with E-state index >= 15 is 0 Å². The standard InChI is InChI=1S/C17H18N4O/c18-17(13-8-14(13)17)11-2-1-10-9-19-16(21-15(10)7-11)20-12-3-5-22-6-4-12/h1-2,7-9,12-13H,3-6,18H2,(H,19,20,21). The molecule has 5 heteroatoms. The molecular formula is C17H18N4O. The van der Waals surface area contributed by atoms with Crippen molar-refractivity contribution in [1.82, 2.24) is 9.97 Å². The summed E-state index contributed by atoms with van der Waals surface area (Å²) in [6, 6.07) is 6.68. The summed E-state index contributed by atoms with van der Waals surface area (Å²) in [4.78, 5) is 9.10. The third kappa shape index (κ3) is 1.79. The third-order valence-corrected chi connectivity index (χ3v) is 5.07. The van der Waals surface area contributed by atoms with E-state index in [2.05, 4.69) is 39.6 Å². The molecule has 2 aromatic rings. The molecule has 112 valence electrons. The Hall–Kier alpha value is -1.98. The molecular weight excluding hydrogens is 276 g/mol. The maximum atomic E-state index is 6.40. The van der Waals surface area contributed by atoms with Gasteiger partial charge in [-0.05, 0) is 30.0 Å². The first kappa shape index (κ1) is 12.6. The first-order valence-corrected chi connectivity index (χ1v) is 7.88. The number of ether oxygens (including phenoxy) is 1. The molecule has 1 saturated heterocycles. The average molecular weight is 294 g/mol. The molecule has 0 radical (unpaired) electrons. The Morgan fingerprint density at radius 3 is 2.82 bits per heavy atom. The zero-order chi connectivity index (χ0) is 14.7. The highest BCUT2D eigenvalue weighted by atomic mass is 16.5. The lowest BCUT2D eigenvalue weighted by atomic mass is 9.98. The molecule has 1 aromatic carbocycles. The minimum atomic E-state index is -0.201. The number of nitrogens with one attached hydrogen (secondary N) is 1. The predicted octanol–water partition coefficient (Wildman–Crippen LogP) is 1.94. The number of aromatic nitrogens is 2. The van der Waals surface area contributed by atoms with E-state index in [0.29, 0.717) is 17.9 Å². The van der Waals surface area contributed by atoms with Gasteiger partial charge >= 0.3 is 0 Å². The number of rotatable bonds is 3. The van der Waals surface area contributed by atoms with Crippen LogP contribution in [0.2, 0.25) is 0 Å². The average Bonchev–Trinajstić information content (AvgIpc) is 3.46. The summed E-state index contributed by atoms with van der Waals surface area (Å²) in [5, 5.41) is 4.47. The van der Waals surface area contributed by atoms with Crippen molar-refractivity contribution in [1.29, 1.82) is 0 Å². The topological polar surface area (TPSA) is 73.1 Å². The minimum Gasteiger partial charge on any atom is -0.381 e. The predicted molar refractivity (Wildman–Crippen MR) is 84.4 cm³/mol. The quantitative estimate of drug-likeness (QED) is 0.846. The molecule has 0 amide bonds. The lowest BCUT2D eigenvalue weighted by Crippen LogP contribution is -2.28. The zero-order valence-corrected chi connectivity index (χ0v) is 12.2. The molecule has 2 heterocycles. The second kappa shape index (κ2) is 4.27. The Morgan fingerprint density at radius 2 is 2.09 bits per heavy atom. The molecule has 0 bridgehead atoms. The molecule has 5 nitrogen and oxygen atoms in total. The minimum absolute atomic E-state index is 0.201. The fourth-order valence-electron chi connectivity index (χ4n) is 3.42. The van der Waals surface area contributed by atoms with E-state index in [1.165, 1.54) is 11.1 Å². The van der Waals surface area contributed by atoms with Gasteiger partial charge in [-0.3, -0.25) is 0 Å². The van der Waals surface area contributed by atoms with Gasteiger partial charge in [-0.15, -0.1) is 0 Å². The van der Waals surface area contributed by atoms with E-state index in [-0.39, 0.29) is 5.54 Å². The van der Waals surface area contributed by atoms with Crippen LogP contribution in [0.25, 0.3) is 10.9 Å². The van der Waals surface area contributed by atoms with Crippen LogP contribution in [0, 0.1) is 5.92 Å². The highest BCUT2D eigenvalue weighted by Crippen LogP contribution is 2.67. The summed E-state index contributed by atoms with van der Waals surface area (Å²) < 4.78 is 5.38. The van der Waals surface area contributed by atoms with Crippen molar-refractivity contribution in [2.24, 2.45) is 11.7 Å². The van der Waals surface area contributed by atoms with Crippen molar-refractivity contribution < 1.29 is 4.74 Å². The van der Waals surface area contributed by atoms with Gasteiger partial charge < -0.3 is 15.8 Å². The Bertz CT molecular complexity index is 796. The van der Waals surface area contributed by atoms with E-state index in [0.717, 1.165) is 37.0 Å². The summed E-state index contributed by atoms with van der Waals surface area (Å²) in [7, 11) is 0. The van der Waals surface area contributed by atoms with E-state index in [9.17, 15) is 0 Å². The Kier molecular flexibility index (Phi) is 2.44. The Morgan fingerprint density at radius 1 is 1.27 bits per heavy atom. The van der Waals surface area contributed by atoms with Gasteiger partial charge in [0.25, 0.3) is 0 Å². The summed E-state index contributed by atoms with van der Waals surface area (Å²) in [5.41, 5.74) is 9.70. The van der Waals surface area contributed by atoms with Crippen LogP contribution in [0.15, 0.2) is 36.0 Å². The molecule has 1 aromatic heterocycles. The Balaban J connectivity index is 1.45. The van der Waals surface area contributed by atoms with Gasteiger partial charge in [0.2, 0.25) is 5.95 Å². The molecule has 2 fully saturated rings. The number of anilines is 1. The first-order chi connectivity index (χ1) is 10.7. The van der Waals surface area contributed by atoms with Gasteiger partial charge in [0.05, 0.1) is 11.1 Å². The van der Waals surface area contributed by atoms with E-state index in [1.54, 1.807) is 0 Å². The van der Waals surface area contributed by atoms with Crippen LogP contribution >= 0.6 is 0 Å². The number of hydrogen-bond donors (Lipinski definition) is 2. The molecule has 3 aliphatic rings. The molecule has 1 aliphatic heterocycles. The van der Waals surface area contributed by atoms with E-state index < -0.39 is 0 Å². The monoisotopic (exact) mass is 294 g/mol. The lowest BCUT2D eigenvalue weighted by molar-refractivity contribution is 0.0903. The van der Waals surface area contributed by atoms with Crippen LogP contribution in [0.1, 0.15) is 18.4 Å². The van der Waals surface area contributed by atoms with Crippen LogP contribution < -0.4 is 11.1 Å². The van der Waals surface area contributed by atoms with Gasteiger partial charge in [0.15, 0.2) is 0 Å². The first-order valence-electron chi connectivity index (χ1n) is 7.88. The summed E-state index contributed by atoms with van der Waals surface area (Å²) in [6.07, 6.45) is 6.11. The molecule has 22 heavy (non-hydrogen) atoms. The summed E-state index contributed by atoms with van der Waals surface area (Å²) in [5.74, 6) is 1.20. The molecule has 3 N–H and O–H groups in total. The maximum absolute atomic E-state index is 6.40.